The zero-order valence-electron chi connectivity index (χ0n) is 14.8. The predicted octanol–water partition coefficient (Wildman–Crippen LogP) is 4.62. The largest absolute Gasteiger partial charge is 0.492 e. The van der Waals surface area contributed by atoms with Crippen LogP contribution in [-0.4, -0.2) is 24.6 Å². The van der Waals surface area contributed by atoms with Crippen molar-refractivity contribution in [2.45, 2.75) is 20.0 Å². The molecule has 1 atom stereocenters. The summed E-state index contributed by atoms with van der Waals surface area (Å²) in [7, 11) is 0. The number of halogens is 1. The van der Waals surface area contributed by atoms with Crippen LogP contribution in [0.2, 0.25) is 0 Å². The number of hydrogen-bond donors (Lipinski definition) is 1. The minimum Gasteiger partial charge on any atom is -0.492 e. The number of fused-ring (bicyclic) bond motifs is 1. The highest BCUT2D eigenvalue weighted by Crippen LogP contribution is 2.27. The van der Waals surface area contributed by atoms with Crippen LogP contribution in [0.25, 0.3) is 10.1 Å². The van der Waals surface area contributed by atoms with Crippen LogP contribution in [0.4, 0.5) is 10.1 Å². The van der Waals surface area contributed by atoms with Gasteiger partial charge in [-0.1, -0.05) is 12.1 Å². The Morgan fingerprint density at radius 2 is 1.96 bits per heavy atom. The number of amides is 1. The lowest BCUT2D eigenvalue weighted by atomic mass is 10.2. The molecule has 0 radical (unpaired) electrons. The van der Waals surface area contributed by atoms with Crippen LogP contribution in [0.1, 0.15) is 23.5 Å². The summed E-state index contributed by atoms with van der Waals surface area (Å²) in [6.07, 6.45) is -1.01. The van der Waals surface area contributed by atoms with Gasteiger partial charge >= 0.3 is 5.97 Å². The van der Waals surface area contributed by atoms with E-state index < -0.39 is 18.0 Å². The Morgan fingerprint density at radius 1 is 1.19 bits per heavy atom. The van der Waals surface area contributed by atoms with Crippen LogP contribution in [0, 0.1) is 5.82 Å². The van der Waals surface area contributed by atoms with E-state index in [0.29, 0.717) is 28.3 Å². The van der Waals surface area contributed by atoms with Gasteiger partial charge in [0.2, 0.25) is 0 Å². The van der Waals surface area contributed by atoms with E-state index in [1.54, 1.807) is 36.4 Å². The highest BCUT2D eigenvalue weighted by Gasteiger charge is 2.21. The van der Waals surface area contributed by atoms with Crippen molar-refractivity contribution < 1.29 is 23.5 Å². The number of rotatable bonds is 6. The van der Waals surface area contributed by atoms with Gasteiger partial charge in [0.15, 0.2) is 6.10 Å². The summed E-state index contributed by atoms with van der Waals surface area (Å²) in [4.78, 5) is 25.0. The van der Waals surface area contributed by atoms with Crippen LogP contribution >= 0.6 is 11.3 Å². The zero-order chi connectivity index (χ0) is 19.4. The molecule has 2 aromatic carbocycles. The van der Waals surface area contributed by atoms with E-state index in [2.05, 4.69) is 5.32 Å². The van der Waals surface area contributed by atoms with E-state index in [0.717, 1.165) is 4.70 Å². The highest BCUT2D eigenvalue weighted by atomic mass is 32.1. The molecule has 3 aromatic rings. The Bertz CT molecular complexity index is 985. The van der Waals surface area contributed by atoms with Gasteiger partial charge in [-0.05, 0) is 55.6 Å². The Morgan fingerprint density at radius 3 is 2.74 bits per heavy atom. The predicted molar refractivity (Wildman–Crippen MR) is 103 cm³/mol. The number of benzene rings is 2. The van der Waals surface area contributed by atoms with Crippen LogP contribution in [0.5, 0.6) is 5.75 Å². The topological polar surface area (TPSA) is 64.6 Å². The Kier molecular flexibility index (Phi) is 5.71. The van der Waals surface area contributed by atoms with Crippen molar-refractivity contribution in [3.8, 4) is 5.75 Å². The van der Waals surface area contributed by atoms with Crippen molar-refractivity contribution >= 4 is 39.0 Å². The maximum atomic E-state index is 13.3. The highest BCUT2D eigenvalue weighted by molar-refractivity contribution is 7.20. The molecule has 1 N–H and O–H groups in total. The van der Waals surface area contributed by atoms with E-state index in [1.807, 2.05) is 6.92 Å². The molecule has 0 spiro atoms. The standard InChI is InChI=1S/C20H18FNO4S/c1-3-25-16-7-5-4-6-15(16)22-19(23)12(2)26-20(24)18-11-13-10-14(21)8-9-17(13)27-18/h4-12H,3H2,1-2H3,(H,22,23)/t12-/m0/s1. The second-order valence-corrected chi connectivity index (χ2v) is 6.84. The monoisotopic (exact) mass is 387 g/mol. The third-order valence-corrected chi connectivity index (χ3v) is 4.87. The molecule has 0 bridgehead atoms. The fourth-order valence-electron chi connectivity index (χ4n) is 2.47. The van der Waals surface area contributed by atoms with Gasteiger partial charge in [-0.3, -0.25) is 4.79 Å². The van der Waals surface area contributed by atoms with E-state index in [9.17, 15) is 14.0 Å². The molecular formula is C20H18FNO4S. The molecule has 27 heavy (non-hydrogen) atoms. The van der Waals surface area contributed by atoms with Crippen molar-refractivity contribution in [3.05, 3.63) is 59.2 Å². The number of anilines is 1. The molecule has 0 aliphatic heterocycles. The van der Waals surface area contributed by atoms with Crippen LogP contribution in [0.15, 0.2) is 48.5 Å². The van der Waals surface area contributed by atoms with Gasteiger partial charge in [0.05, 0.1) is 12.3 Å². The summed E-state index contributed by atoms with van der Waals surface area (Å²) in [6.45, 7) is 3.80. The smallest absolute Gasteiger partial charge is 0.349 e. The normalized spacial score (nSPS) is 11.8. The lowest BCUT2D eigenvalue weighted by Gasteiger charge is -2.15. The van der Waals surface area contributed by atoms with Crippen LogP contribution in [-0.2, 0) is 9.53 Å². The van der Waals surface area contributed by atoms with Gasteiger partial charge in [-0.2, -0.15) is 0 Å². The maximum Gasteiger partial charge on any atom is 0.349 e. The number of thiophene rings is 1. The second kappa shape index (κ2) is 8.18. The number of para-hydroxylation sites is 2. The van der Waals surface area contributed by atoms with Crippen molar-refractivity contribution in [1.29, 1.82) is 0 Å². The SMILES string of the molecule is CCOc1ccccc1NC(=O)[C@H](C)OC(=O)c1cc2cc(F)ccc2s1. The molecule has 0 aliphatic carbocycles. The van der Waals surface area contributed by atoms with Crippen molar-refractivity contribution in [3.63, 3.8) is 0 Å². The van der Waals surface area contributed by atoms with Crippen LogP contribution < -0.4 is 10.1 Å². The summed E-state index contributed by atoms with van der Waals surface area (Å²) < 4.78 is 24.8. The third-order valence-electron chi connectivity index (χ3n) is 3.78. The summed E-state index contributed by atoms with van der Waals surface area (Å²) in [5.41, 5.74) is 0.504. The van der Waals surface area contributed by atoms with Gasteiger partial charge in [-0.15, -0.1) is 11.3 Å². The molecule has 1 aromatic heterocycles. The molecule has 5 nitrogen and oxygen atoms in total. The van der Waals surface area contributed by atoms with Gasteiger partial charge in [0.1, 0.15) is 16.4 Å². The molecule has 1 heterocycles. The van der Waals surface area contributed by atoms with E-state index >= 15 is 0 Å². The average molecular weight is 387 g/mol. The first-order valence-electron chi connectivity index (χ1n) is 8.40. The molecule has 0 saturated heterocycles. The minimum atomic E-state index is -1.01. The fourth-order valence-corrected chi connectivity index (χ4v) is 3.40. The first-order chi connectivity index (χ1) is 13.0. The Balaban J connectivity index is 1.67. The van der Waals surface area contributed by atoms with Crippen molar-refractivity contribution in [1.82, 2.24) is 0 Å². The third kappa shape index (κ3) is 4.43. The minimum absolute atomic E-state index is 0.310. The van der Waals surface area contributed by atoms with Crippen LogP contribution in [0.3, 0.4) is 0 Å². The second-order valence-electron chi connectivity index (χ2n) is 5.76. The van der Waals surface area contributed by atoms with Gasteiger partial charge < -0.3 is 14.8 Å². The number of carbonyl (C=O) groups excluding carboxylic acids is 2. The molecule has 140 valence electrons. The van der Waals surface area contributed by atoms with E-state index in [-0.39, 0.29) is 5.82 Å². The number of carbonyl (C=O) groups is 2. The fraction of sp³-hybridized carbons (Fsp3) is 0.200. The van der Waals surface area contributed by atoms with Gasteiger partial charge in [0.25, 0.3) is 5.91 Å². The van der Waals surface area contributed by atoms with E-state index in [1.165, 1.54) is 30.4 Å². The maximum absolute atomic E-state index is 13.3. The summed E-state index contributed by atoms with van der Waals surface area (Å²) in [5.74, 6) is -0.931. The molecule has 0 aliphatic rings. The summed E-state index contributed by atoms with van der Waals surface area (Å²) in [6, 6.07) is 12.9. The molecule has 7 heteroatoms. The molecular weight excluding hydrogens is 369 g/mol. The quantitative estimate of drug-likeness (QED) is 0.627. The lowest BCUT2D eigenvalue weighted by molar-refractivity contribution is -0.123. The molecule has 1 amide bonds. The number of hydrogen-bond acceptors (Lipinski definition) is 5. The zero-order valence-corrected chi connectivity index (χ0v) is 15.6. The number of esters is 1. The molecule has 0 saturated carbocycles. The summed E-state index contributed by atoms with van der Waals surface area (Å²) in [5, 5.41) is 3.32. The number of ether oxygens (including phenoxy) is 2. The van der Waals surface area contributed by atoms with Gasteiger partial charge in [-0.25, -0.2) is 9.18 Å². The number of nitrogens with one attached hydrogen (secondary N) is 1. The average Bonchev–Trinajstić information content (AvgIpc) is 3.06. The van der Waals surface area contributed by atoms with Crippen molar-refractivity contribution in [2.24, 2.45) is 0 Å². The first-order valence-corrected chi connectivity index (χ1v) is 9.22. The van der Waals surface area contributed by atoms with E-state index in [4.69, 9.17) is 9.47 Å². The van der Waals surface area contributed by atoms with Crippen molar-refractivity contribution in [2.75, 3.05) is 11.9 Å². The molecule has 0 fully saturated rings. The first kappa shape index (κ1) is 18.8. The lowest BCUT2D eigenvalue weighted by Crippen LogP contribution is -2.30. The molecule has 3 rings (SSSR count). The Labute approximate surface area is 159 Å². The Hall–Kier alpha value is -2.93. The van der Waals surface area contributed by atoms with Gasteiger partial charge in [0, 0.05) is 4.70 Å². The molecule has 0 unspecified atom stereocenters. The summed E-state index contributed by atoms with van der Waals surface area (Å²) >= 11 is 1.19.